The average molecular weight is 442 g/mol. The third-order valence-corrected chi connectivity index (χ3v) is 4.24. The summed E-state index contributed by atoms with van der Waals surface area (Å²) in [5.74, 6) is 6.21. The SMILES string of the molecule is CCCCC/C=C\CC#CC/C=C\C/C(I)=C\CCCC(=O)OC. The molecule has 134 valence electrons. The van der Waals surface area contributed by atoms with Crippen molar-refractivity contribution in [1.29, 1.82) is 0 Å². The number of ether oxygens (including phenoxy) is 1. The highest BCUT2D eigenvalue weighted by atomic mass is 127. The van der Waals surface area contributed by atoms with Crippen LogP contribution in [0.5, 0.6) is 0 Å². The van der Waals surface area contributed by atoms with Gasteiger partial charge in [0.15, 0.2) is 0 Å². The van der Waals surface area contributed by atoms with Crippen LogP contribution >= 0.6 is 22.6 Å². The molecule has 0 saturated carbocycles. The second-order valence-electron chi connectivity index (χ2n) is 5.52. The van der Waals surface area contributed by atoms with Crippen molar-refractivity contribution >= 4 is 28.6 Å². The van der Waals surface area contributed by atoms with Crippen molar-refractivity contribution in [2.45, 2.75) is 71.1 Å². The van der Waals surface area contributed by atoms with Crippen molar-refractivity contribution in [3.63, 3.8) is 0 Å². The van der Waals surface area contributed by atoms with Crippen LogP contribution in [0.2, 0.25) is 0 Å². The van der Waals surface area contributed by atoms with Gasteiger partial charge in [0.2, 0.25) is 0 Å². The summed E-state index contributed by atoms with van der Waals surface area (Å²) >= 11 is 2.35. The molecule has 0 aliphatic carbocycles. The van der Waals surface area contributed by atoms with E-state index in [1.54, 1.807) is 0 Å². The van der Waals surface area contributed by atoms with Gasteiger partial charge in [-0.15, -0.1) is 0 Å². The first-order valence-corrected chi connectivity index (χ1v) is 9.95. The van der Waals surface area contributed by atoms with Crippen molar-refractivity contribution < 1.29 is 9.53 Å². The molecule has 0 rings (SSSR count). The van der Waals surface area contributed by atoms with Gasteiger partial charge in [-0.3, -0.25) is 4.79 Å². The van der Waals surface area contributed by atoms with Crippen molar-refractivity contribution in [1.82, 2.24) is 0 Å². The van der Waals surface area contributed by atoms with Gasteiger partial charge in [-0.1, -0.05) is 62.0 Å². The van der Waals surface area contributed by atoms with Crippen LogP contribution in [0, 0.1) is 11.8 Å². The molecule has 0 radical (unpaired) electrons. The van der Waals surface area contributed by atoms with E-state index in [9.17, 15) is 4.79 Å². The standard InChI is InChI=1S/C21H31IO2/c1-3-4-5-6-7-8-9-10-11-12-13-14-17-20(22)18-15-16-19-21(23)24-2/h7-8,13-14,18H,3-6,9,12,15-17,19H2,1-2H3/b8-7-,14-13-,20-18+. The van der Waals surface area contributed by atoms with Crippen LogP contribution in [0.3, 0.4) is 0 Å². The van der Waals surface area contributed by atoms with Crippen LogP contribution in [0.4, 0.5) is 0 Å². The Hall–Kier alpha value is -1.02. The van der Waals surface area contributed by atoms with Gasteiger partial charge in [0.1, 0.15) is 0 Å². The molecule has 0 aliphatic heterocycles. The number of esters is 1. The first-order valence-electron chi connectivity index (χ1n) is 8.87. The lowest BCUT2D eigenvalue weighted by molar-refractivity contribution is -0.140. The third-order valence-electron chi connectivity index (χ3n) is 3.36. The Morgan fingerprint density at radius 1 is 1.00 bits per heavy atom. The van der Waals surface area contributed by atoms with E-state index >= 15 is 0 Å². The molecule has 0 aromatic heterocycles. The third kappa shape index (κ3) is 17.3. The summed E-state index contributed by atoms with van der Waals surface area (Å²) < 4.78 is 5.92. The predicted octanol–water partition coefficient (Wildman–Crippen LogP) is 6.52. The fourth-order valence-electron chi connectivity index (χ4n) is 1.95. The van der Waals surface area contributed by atoms with E-state index in [0.29, 0.717) is 6.42 Å². The molecule has 0 aromatic carbocycles. The maximum atomic E-state index is 11.0. The summed E-state index contributed by atoms with van der Waals surface area (Å²) in [5.41, 5.74) is 0. The molecule has 0 amide bonds. The molecule has 0 unspecified atom stereocenters. The first-order chi connectivity index (χ1) is 11.7. The van der Waals surface area contributed by atoms with E-state index in [2.05, 4.69) is 76.5 Å². The maximum Gasteiger partial charge on any atom is 0.305 e. The van der Waals surface area contributed by atoms with Crippen LogP contribution in [-0.2, 0) is 9.53 Å². The Morgan fingerprint density at radius 2 is 1.71 bits per heavy atom. The number of allylic oxidation sites excluding steroid dienone is 6. The van der Waals surface area contributed by atoms with Gasteiger partial charge in [0, 0.05) is 19.3 Å². The van der Waals surface area contributed by atoms with E-state index in [1.165, 1.54) is 36.4 Å². The summed E-state index contributed by atoms with van der Waals surface area (Å²) in [4.78, 5) is 11.0. The summed E-state index contributed by atoms with van der Waals surface area (Å²) in [5, 5.41) is 0. The largest absolute Gasteiger partial charge is 0.469 e. The van der Waals surface area contributed by atoms with Crippen LogP contribution < -0.4 is 0 Å². The highest BCUT2D eigenvalue weighted by Crippen LogP contribution is 2.14. The molecule has 0 N–H and O–H groups in total. The number of carbonyl (C=O) groups excluding carboxylic acids is 1. The van der Waals surface area contributed by atoms with Crippen molar-refractivity contribution in [2.24, 2.45) is 0 Å². The first kappa shape index (κ1) is 23.0. The summed E-state index contributed by atoms with van der Waals surface area (Å²) in [6.45, 7) is 2.23. The van der Waals surface area contributed by atoms with Crippen molar-refractivity contribution in [3.8, 4) is 11.8 Å². The highest BCUT2D eigenvalue weighted by Gasteiger charge is 1.97. The van der Waals surface area contributed by atoms with Crippen LogP contribution in [0.1, 0.15) is 71.1 Å². The molecule has 0 atom stereocenters. The van der Waals surface area contributed by atoms with Gasteiger partial charge in [-0.05, 0) is 58.3 Å². The van der Waals surface area contributed by atoms with Gasteiger partial charge in [0.25, 0.3) is 0 Å². The van der Waals surface area contributed by atoms with Gasteiger partial charge in [-0.25, -0.2) is 0 Å². The minimum Gasteiger partial charge on any atom is -0.469 e. The highest BCUT2D eigenvalue weighted by molar-refractivity contribution is 14.1. The number of hydrogen-bond acceptors (Lipinski definition) is 2. The second-order valence-corrected chi connectivity index (χ2v) is 6.91. The van der Waals surface area contributed by atoms with E-state index in [-0.39, 0.29) is 5.97 Å². The Labute approximate surface area is 162 Å². The number of halogens is 1. The zero-order valence-electron chi connectivity index (χ0n) is 15.2. The Bertz CT molecular complexity index is 464. The smallest absolute Gasteiger partial charge is 0.305 e. The predicted molar refractivity (Wildman–Crippen MR) is 112 cm³/mol. The van der Waals surface area contributed by atoms with E-state index in [1.807, 2.05) is 0 Å². The number of hydrogen-bond donors (Lipinski definition) is 0. The topological polar surface area (TPSA) is 26.3 Å². The summed E-state index contributed by atoms with van der Waals surface area (Å²) in [7, 11) is 1.43. The normalized spacial score (nSPS) is 11.7. The molecule has 0 fully saturated rings. The lowest BCUT2D eigenvalue weighted by Gasteiger charge is -1.97. The summed E-state index contributed by atoms with van der Waals surface area (Å²) in [6.07, 6.45) is 20.8. The molecule has 0 heterocycles. The molecule has 24 heavy (non-hydrogen) atoms. The Balaban J connectivity index is 3.67. The molecule has 3 heteroatoms. The summed E-state index contributed by atoms with van der Waals surface area (Å²) in [6, 6.07) is 0. The van der Waals surface area contributed by atoms with E-state index in [4.69, 9.17) is 0 Å². The lowest BCUT2D eigenvalue weighted by Crippen LogP contribution is -1.98. The molecule has 2 nitrogen and oxygen atoms in total. The fraction of sp³-hybridized carbons (Fsp3) is 0.571. The van der Waals surface area contributed by atoms with Crippen LogP contribution in [-0.4, -0.2) is 13.1 Å². The molecule has 0 spiro atoms. The lowest BCUT2D eigenvalue weighted by atomic mass is 10.2. The Kier molecular flexibility index (Phi) is 17.5. The number of carbonyl (C=O) groups is 1. The minimum absolute atomic E-state index is 0.132. The second kappa shape index (κ2) is 18.3. The molecule has 0 aliphatic rings. The molecule has 0 aromatic rings. The molecule has 0 saturated heterocycles. The van der Waals surface area contributed by atoms with E-state index in [0.717, 1.165) is 32.1 Å². The fourth-order valence-corrected chi connectivity index (χ4v) is 2.51. The molecule has 0 bridgehead atoms. The quantitative estimate of drug-likeness (QED) is 0.113. The maximum absolute atomic E-state index is 11.0. The van der Waals surface area contributed by atoms with Gasteiger partial charge in [0.05, 0.1) is 7.11 Å². The minimum atomic E-state index is -0.132. The number of rotatable bonds is 12. The number of unbranched alkanes of at least 4 members (excludes halogenated alkanes) is 4. The van der Waals surface area contributed by atoms with Gasteiger partial charge in [-0.2, -0.15) is 0 Å². The van der Waals surface area contributed by atoms with Crippen LogP contribution in [0.15, 0.2) is 34.0 Å². The molecular weight excluding hydrogens is 411 g/mol. The van der Waals surface area contributed by atoms with Gasteiger partial charge >= 0.3 is 5.97 Å². The molecular formula is C21H31IO2. The Morgan fingerprint density at radius 3 is 2.38 bits per heavy atom. The van der Waals surface area contributed by atoms with Crippen LogP contribution in [0.25, 0.3) is 0 Å². The van der Waals surface area contributed by atoms with Gasteiger partial charge < -0.3 is 4.74 Å². The zero-order valence-corrected chi connectivity index (χ0v) is 17.3. The van der Waals surface area contributed by atoms with Crippen molar-refractivity contribution in [2.75, 3.05) is 7.11 Å². The van der Waals surface area contributed by atoms with Crippen molar-refractivity contribution in [3.05, 3.63) is 34.0 Å². The number of methoxy groups -OCH3 is 1. The monoisotopic (exact) mass is 442 g/mol. The zero-order chi connectivity index (χ0) is 17.9. The average Bonchev–Trinajstić information content (AvgIpc) is 2.59. The van der Waals surface area contributed by atoms with E-state index < -0.39 is 0 Å².